The van der Waals surface area contributed by atoms with Gasteiger partial charge in [-0.3, -0.25) is 0 Å². The van der Waals surface area contributed by atoms with Gasteiger partial charge in [0.1, 0.15) is 0 Å². The second-order valence-corrected chi connectivity index (χ2v) is 1.42. The smallest absolute Gasteiger partial charge is 0.402 e. The van der Waals surface area contributed by atoms with Gasteiger partial charge in [0.2, 0.25) is 0 Å². The number of rotatable bonds is 3. The van der Waals surface area contributed by atoms with Gasteiger partial charge in [0, 0.05) is 6.54 Å². The highest BCUT2D eigenvalue weighted by Crippen LogP contribution is 1.51. The van der Waals surface area contributed by atoms with Crippen molar-refractivity contribution in [2.45, 2.75) is 6.92 Å². The molecule has 0 aliphatic rings. The highest BCUT2D eigenvalue weighted by Gasteiger charge is 1.92. The monoisotopic (exact) mass is 151 g/mol. The first-order valence-electron chi connectivity index (χ1n) is 3.01. The van der Waals surface area contributed by atoms with E-state index < -0.39 is 7.32 Å². The van der Waals surface area contributed by atoms with E-state index in [1.807, 2.05) is 6.92 Å². The number of aliphatic hydroxyl groups excluding tert-OH is 1. The van der Waals surface area contributed by atoms with Gasteiger partial charge >= 0.3 is 7.32 Å². The zero-order valence-corrected chi connectivity index (χ0v) is 5.99. The summed E-state index contributed by atoms with van der Waals surface area (Å²) in [7, 11) is -2.17. The summed E-state index contributed by atoms with van der Waals surface area (Å²) in [5.41, 5.74) is 0. The summed E-state index contributed by atoms with van der Waals surface area (Å²) in [6.07, 6.45) is 0. The molecule has 0 saturated carbocycles. The first kappa shape index (κ1) is 12.5. The molecule has 0 heterocycles. The SMILES string of the molecule is CCNCCO.OB(O)O. The summed E-state index contributed by atoms with van der Waals surface area (Å²) >= 11 is 0. The van der Waals surface area contributed by atoms with Crippen LogP contribution < -0.4 is 5.32 Å². The predicted octanol–water partition coefficient (Wildman–Crippen LogP) is -2.46. The molecule has 6 heteroatoms. The van der Waals surface area contributed by atoms with Gasteiger partial charge in [-0.2, -0.15) is 0 Å². The Morgan fingerprint density at radius 3 is 1.80 bits per heavy atom. The standard InChI is InChI=1S/C4H11NO.BH3O3/c1-2-5-3-4-6;2-1(3)4/h5-6H,2-4H2,1H3;2-4H. The molecule has 10 heavy (non-hydrogen) atoms. The van der Waals surface area contributed by atoms with Crippen LogP contribution in [0.15, 0.2) is 0 Å². The molecule has 0 fully saturated rings. The topological polar surface area (TPSA) is 93.0 Å². The fourth-order valence-electron chi connectivity index (χ4n) is 0.256. The van der Waals surface area contributed by atoms with Crippen LogP contribution in [0.1, 0.15) is 6.92 Å². The zero-order chi connectivity index (χ0) is 8.41. The van der Waals surface area contributed by atoms with Crippen molar-refractivity contribution in [3.63, 3.8) is 0 Å². The number of likely N-dealkylation sites (N-methyl/N-ethyl adjacent to an activating group) is 1. The summed E-state index contributed by atoms with van der Waals surface area (Å²) in [5, 5.41) is 32.6. The molecule has 0 saturated heterocycles. The van der Waals surface area contributed by atoms with Crippen molar-refractivity contribution in [2.24, 2.45) is 0 Å². The maximum Gasteiger partial charge on any atom is 0.631 e. The largest absolute Gasteiger partial charge is 0.631 e. The van der Waals surface area contributed by atoms with Gasteiger partial charge in [-0.15, -0.1) is 0 Å². The molecule has 62 valence electrons. The molecule has 0 aliphatic carbocycles. The average molecular weight is 151 g/mol. The second kappa shape index (κ2) is 11.6. The molecule has 0 unspecified atom stereocenters. The summed E-state index contributed by atoms with van der Waals surface area (Å²) in [6.45, 7) is 3.92. The minimum Gasteiger partial charge on any atom is -0.402 e. The van der Waals surface area contributed by atoms with E-state index in [0.29, 0.717) is 0 Å². The third-order valence-corrected chi connectivity index (χ3v) is 0.539. The molecular formula is C4H14BNO4. The van der Waals surface area contributed by atoms with Crippen LogP contribution in [0.5, 0.6) is 0 Å². The van der Waals surface area contributed by atoms with Gasteiger partial charge in [0.25, 0.3) is 0 Å². The van der Waals surface area contributed by atoms with Gasteiger partial charge in [-0.1, -0.05) is 6.92 Å². The molecule has 0 aliphatic heterocycles. The van der Waals surface area contributed by atoms with Gasteiger partial charge in [0.05, 0.1) is 6.61 Å². The van der Waals surface area contributed by atoms with Crippen molar-refractivity contribution in [3.05, 3.63) is 0 Å². The Balaban J connectivity index is 0. The Hall–Kier alpha value is -0.135. The zero-order valence-electron chi connectivity index (χ0n) is 5.99. The lowest BCUT2D eigenvalue weighted by Gasteiger charge is -1.91. The number of aliphatic hydroxyl groups is 1. The fourth-order valence-corrected chi connectivity index (χ4v) is 0.256. The minimum atomic E-state index is -2.17. The fraction of sp³-hybridized carbons (Fsp3) is 1.00. The van der Waals surface area contributed by atoms with E-state index in [0.717, 1.165) is 13.1 Å². The van der Waals surface area contributed by atoms with Crippen LogP contribution in [-0.4, -0.2) is 47.2 Å². The minimum absolute atomic E-state index is 0.244. The Bertz CT molecular complexity index is 47.8. The van der Waals surface area contributed by atoms with Crippen LogP contribution in [-0.2, 0) is 0 Å². The van der Waals surface area contributed by atoms with E-state index in [-0.39, 0.29) is 6.61 Å². The molecule has 0 aromatic carbocycles. The Labute approximate surface area is 60.5 Å². The molecule has 0 amide bonds. The van der Waals surface area contributed by atoms with Crippen molar-refractivity contribution in [1.82, 2.24) is 5.32 Å². The molecule has 0 aromatic rings. The molecule has 0 bridgehead atoms. The van der Waals surface area contributed by atoms with Crippen molar-refractivity contribution < 1.29 is 20.2 Å². The first-order chi connectivity index (χ1) is 4.65. The van der Waals surface area contributed by atoms with Crippen molar-refractivity contribution in [2.75, 3.05) is 19.7 Å². The van der Waals surface area contributed by atoms with Gasteiger partial charge in [-0.05, 0) is 6.54 Å². The lowest BCUT2D eigenvalue weighted by Crippen LogP contribution is -2.16. The number of nitrogens with one attached hydrogen (secondary N) is 1. The average Bonchev–Trinajstić information content (AvgIpc) is 1.82. The summed E-state index contributed by atoms with van der Waals surface area (Å²) < 4.78 is 0. The molecule has 0 atom stereocenters. The molecular weight excluding hydrogens is 137 g/mol. The van der Waals surface area contributed by atoms with Crippen LogP contribution >= 0.6 is 0 Å². The van der Waals surface area contributed by atoms with Crippen molar-refractivity contribution in [1.29, 1.82) is 0 Å². The molecule has 0 rings (SSSR count). The number of hydrogen-bond acceptors (Lipinski definition) is 5. The molecule has 0 spiro atoms. The Kier molecular flexibility index (Phi) is 14.6. The van der Waals surface area contributed by atoms with E-state index in [9.17, 15) is 0 Å². The molecule has 0 aromatic heterocycles. The summed E-state index contributed by atoms with van der Waals surface area (Å²) in [5.74, 6) is 0. The highest BCUT2D eigenvalue weighted by molar-refractivity contribution is 6.30. The lowest BCUT2D eigenvalue weighted by molar-refractivity contribution is 0.278. The van der Waals surface area contributed by atoms with E-state index in [4.69, 9.17) is 20.2 Å². The predicted molar refractivity (Wildman–Crippen MR) is 38.0 cm³/mol. The van der Waals surface area contributed by atoms with Gasteiger partial charge in [-0.25, -0.2) is 0 Å². The maximum absolute atomic E-state index is 8.13. The van der Waals surface area contributed by atoms with Crippen molar-refractivity contribution >= 4 is 7.32 Å². The van der Waals surface area contributed by atoms with Crippen LogP contribution in [0.4, 0.5) is 0 Å². The Morgan fingerprint density at radius 1 is 1.30 bits per heavy atom. The molecule has 5 nitrogen and oxygen atoms in total. The van der Waals surface area contributed by atoms with Crippen LogP contribution in [0, 0.1) is 0 Å². The third-order valence-electron chi connectivity index (χ3n) is 0.539. The molecule has 5 N–H and O–H groups in total. The van der Waals surface area contributed by atoms with Crippen molar-refractivity contribution in [3.8, 4) is 0 Å². The van der Waals surface area contributed by atoms with E-state index in [1.54, 1.807) is 0 Å². The highest BCUT2D eigenvalue weighted by atomic mass is 16.5. The van der Waals surface area contributed by atoms with E-state index >= 15 is 0 Å². The first-order valence-corrected chi connectivity index (χ1v) is 3.01. The van der Waals surface area contributed by atoms with Crippen LogP contribution in [0.3, 0.4) is 0 Å². The van der Waals surface area contributed by atoms with Crippen LogP contribution in [0.2, 0.25) is 0 Å². The number of hydrogen-bond donors (Lipinski definition) is 5. The Morgan fingerprint density at radius 2 is 1.70 bits per heavy atom. The lowest BCUT2D eigenvalue weighted by atomic mass is 10.3. The molecule has 0 radical (unpaired) electrons. The quantitative estimate of drug-likeness (QED) is 0.228. The third kappa shape index (κ3) is 45.2. The maximum atomic E-state index is 8.13. The second-order valence-electron chi connectivity index (χ2n) is 1.42. The normalized spacial score (nSPS) is 8.10. The van der Waals surface area contributed by atoms with Crippen LogP contribution in [0.25, 0.3) is 0 Å². The van der Waals surface area contributed by atoms with E-state index in [1.165, 1.54) is 0 Å². The van der Waals surface area contributed by atoms with E-state index in [2.05, 4.69) is 5.32 Å². The van der Waals surface area contributed by atoms with Gasteiger partial charge < -0.3 is 25.5 Å². The summed E-state index contributed by atoms with van der Waals surface area (Å²) in [6, 6.07) is 0. The summed E-state index contributed by atoms with van der Waals surface area (Å²) in [4.78, 5) is 0. The van der Waals surface area contributed by atoms with Gasteiger partial charge in [0.15, 0.2) is 0 Å².